The average Bonchev–Trinajstić information content (AvgIpc) is 2.47. The van der Waals surface area contributed by atoms with Gasteiger partial charge in [-0.2, -0.15) is 5.10 Å². The smallest absolute Gasteiger partial charge is 0.180 e. The van der Waals surface area contributed by atoms with Gasteiger partial charge in [0.25, 0.3) is 0 Å². The summed E-state index contributed by atoms with van der Waals surface area (Å²) in [6, 6.07) is 3.65. The molecule has 2 aromatic rings. The van der Waals surface area contributed by atoms with Gasteiger partial charge in [-0.1, -0.05) is 0 Å². The van der Waals surface area contributed by atoms with Crippen LogP contribution in [-0.4, -0.2) is 20.4 Å². The van der Waals surface area contributed by atoms with Gasteiger partial charge in [-0.25, -0.2) is 9.50 Å². The number of ketones is 1. The predicted octanol–water partition coefficient (Wildman–Crippen LogP) is 1.55. The van der Waals surface area contributed by atoms with Crippen LogP contribution in [0.4, 0.5) is 0 Å². The quantitative estimate of drug-likeness (QED) is 0.639. The van der Waals surface area contributed by atoms with E-state index >= 15 is 0 Å². The van der Waals surface area contributed by atoms with Crippen LogP contribution < -0.4 is 0 Å². The van der Waals surface area contributed by atoms with Crippen molar-refractivity contribution < 1.29 is 4.79 Å². The second-order valence-electron chi connectivity index (χ2n) is 3.39. The summed E-state index contributed by atoms with van der Waals surface area (Å²) in [7, 11) is 0. The Kier molecular flexibility index (Phi) is 1.84. The number of aromatic nitrogens is 3. The van der Waals surface area contributed by atoms with Crippen molar-refractivity contribution >= 4 is 11.4 Å². The van der Waals surface area contributed by atoms with Crippen LogP contribution in [0.2, 0.25) is 0 Å². The SMILES string of the molecule is CC(=O)c1cc2nc(C)cc(C)n2n1. The molecule has 2 heterocycles. The first-order valence-electron chi connectivity index (χ1n) is 4.43. The zero-order chi connectivity index (χ0) is 10.3. The van der Waals surface area contributed by atoms with E-state index < -0.39 is 0 Å². The topological polar surface area (TPSA) is 47.3 Å². The van der Waals surface area contributed by atoms with Crippen LogP contribution in [0.5, 0.6) is 0 Å². The molecule has 0 unspecified atom stereocenters. The van der Waals surface area contributed by atoms with Gasteiger partial charge in [0.2, 0.25) is 0 Å². The van der Waals surface area contributed by atoms with E-state index in [9.17, 15) is 4.79 Å². The Morgan fingerprint density at radius 2 is 2.07 bits per heavy atom. The van der Waals surface area contributed by atoms with Gasteiger partial charge in [0, 0.05) is 24.4 Å². The van der Waals surface area contributed by atoms with Crippen LogP contribution in [0.1, 0.15) is 28.8 Å². The van der Waals surface area contributed by atoms with Crippen molar-refractivity contribution in [2.24, 2.45) is 0 Å². The van der Waals surface area contributed by atoms with Gasteiger partial charge in [0.15, 0.2) is 11.4 Å². The summed E-state index contributed by atoms with van der Waals surface area (Å²) in [5, 5.41) is 4.16. The Morgan fingerprint density at radius 1 is 1.36 bits per heavy atom. The second-order valence-corrected chi connectivity index (χ2v) is 3.39. The second kappa shape index (κ2) is 2.90. The molecule has 4 heteroatoms. The van der Waals surface area contributed by atoms with E-state index in [1.54, 1.807) is 10.6 Å². The van der Waals surface area contributed by atoms with Gasteiger partial charge < -0.3 is 0 Å². The largest absolute Gasteiger partial charge is 0.293 e. The summed E-state index contributed by atoms with van der Waals surface area (Å²) >= 11 is 0. The molecule has 0 aliphatic heterocycles. The van der Waals surface area contributed by atoms with E-state index in [0.29, 0.717) is 5.69 Å². The predicted molar refractivity (Wildman–Crippen MR) is 52.5 cm³/mol. The standard InChI is InChI=1S/C10H11N3O/c1-6-4-7(2)13-10(11-6)5-9(12-13)8(3)14/h4-5H,1-3H3. The summed E-state index contributed by atoms with van der Waals surface area (Å²) in [4.78, 5) is 15.4. The maximum absolute atomic E-state index is 11.1. The van der Waals surface area contributed by atoms with Crippen LogP contribution in [0.3, 0.4) is 0 Å². The summed E-state index contributed by atoms with van der Waals surface area (Å²) in [5.74, 6) is -0.0347. The number of hydrogen-bond donors (Lipinski definition) is 0. The average molecular weight is 189 g/mol. The van der Waals surface area contributed by atoms with Crippen molar-refractivity contribution in [1.29, 1.82) is 0 Å². The maximum Gasteiger partial charge on any atom is 0.180 e. The fourth-order valence-corrected chi connectivity index (χ4v) is 1.46. The van der Waals surface area contributed by atoms with E-state index in [4.69, 9.17) is 0 Å². The molecule has 0 fully saturated rings. The van der Waals surface area contributed by atoms with E-state index in [-0.39, 0.29) is 5.78 Å². The van der Waals surface area contributed by atoms with Crippen molar-refractivity contribution in [3.63, 3.8) is 0 Å². The lowest BCUT2D eigenvalue weighted by Gasteiger charge is -1.98. The molecule has 14 heavy (non-hydrogen) atoms. The van der Waals surface area contributed by atoms with Crippen molar-refractivity contribution in [3.05, 3.63) is 29.2 Å². The molecule has 0 aliphatic rings. The fourth-order valence-electron chi connectivity index (χ4n) is 1.46. The molecule has 0 aromatic carbocycles. The van der Waals surface area contributed by atoms with Crippen molar-refractivity contribution in [3.8, 4) is 0 Å². The minimum Gasteiger partial charge on any atom is -0.293 e. The minimum absolute atomic E-state index is 0.0347. The third-order valence-electron chi connectivity index (χ3n) is 2.09. The van der Waals surface area contributed by atoms with Crippen molar-refractivity contribution in [2.45, 2.75) is 20.8 Å². The number of aryl methyl sites for hydroxylation is 2. The van der Waals surface area contributed by atoms with Crippen LogP contribution in [-0.2, 0) is 0 Å². The number of fused-ring (bicyclic) bond motifs is 1. The molecule has 72 valence electrons. The fraction of sp³-hybridized carbons (Fsp3) is 0.300. The minimum atomic E-state index is -0.0347. The zero-order valence-electron chi connectivity index (χ0n) is 8.40. The van der Waals surface area contributed by atoms with Gasteiger partial charge >= 0.3 is 0 Å². The normalized spacial score (nSPS) is 10.8. The molecule has 0 atom stereocenters. The molecule has 0 bridgehead atoms. The number of hydrogen-bond acceptors (Lipinski definition) is 3. The third kappa shape index (κ3) is 1.28. The molecule has 0 spiro atoms. The van der Waals surface area contributed by atoms with Crippen LogP contribution in [0, 0.1) is 13.8 Å². The van der Waals surface area contributed by atoms with E-state index in [2.05, 4.69) is 10.1 Å². The Morgan fingerprint density at radius 3 is 2.71 bits per heavy atom. The first kappa shape index (κ1) is 8.87. The molecule has 0 saturated heterocycles. The van der Waals surface area contributed by atoms with E-state index in [1.165, 1.54) is 6.92 Å². The van der Waals surface area contributed by atoms with Gasteiger partial charge in [0.1, 0.15) is 5.69 Å². The Balaban J connectivity index is 2.76. The van der Waals surface area contributed by atoms with E-state index in [1.807, 2.05) is 19.9 Å². The summed E-state index contributed by atoms with van der Waals surface area (Å²) in [5.41, 5.74) is 3.11. The van der Waals surface area contributed by atoms with Crippen molar-refractivity contribution in [1.82, 2.24) is 14.6 Å². The highest BCUT2D eigenvalue weighted by Crippen LogP contribution is 2.08. The first-order chi connectivity index (χ1) is 6.58. The highest BCUT2D eigenvalue weighted by atomic mass is 16.1. The van der Waals surface area contributed by atoms with Gasteiger partial charge in [-0.3, -0.25) is 4.79 Å². The molecule has 0 aliphatic carbocycles. The molecular formula is C10H11N3O. The van der Waals surface area contributed by atoms with Gasteiger partial charge in [-0.05, 0) is 19.9 Å². The highest BCUT2D eigenvalue weighted by Gasteiger charge is 2.08. The summed E-state index contributed by atoms with van der Waals surface area (Å²) < 4.78 is 1.68. The van der Waals surface area contributed by atoms with Crippen LogP contribution >= 0.6 is 0 Å². The van der Waals surface area contributed by atoms with Crippen LogP contribution in [0.25, 0.3) is 5.65 Å². The summed E-state index contributed by atoms with van der Waals surface area (Å²) in [6.07, 6.45) is 0. The molecule has 4 nitrogen and oxygen atoms in total. The Bertz CT molecular complexity index is 513. The third-order valence-corrected chi connectivity index (χ3v) is 2.09. The maximum atomic E-state index is 11.1. The molecule has 0 saturated carbocycles. The van der Waals surface area contributed by atoms with E-state index in [0.717, 1.165) is 17.0 Å². The van der Waals surface area contributed by atoms with Gasteiger partial charge in [-0.15, -0.1) is 0 Å². The number of nitrogens with zero attached hydrogens (tertiary/aromatic N) is 3. The van der Waals surface area contributed by atoms with Crippen molar-refractivity contribution in [2.75, 3.05) is 0 Å². The monoisotopic (exact) mass is 189 g/mol. The number of carbonyl (C=O) groups is 1. The Labute approximate surface area is 81.6 Å². The number of carbonyl (C=O) groups excluding carboxylic acids is 1. The lowest BCUT2D eigenvalue weighted by Crippen LogP contribution is -1.98. The molecule has 2 aromatic heterocycles. The molecular weight excluding hydrogens is 178 g/mol. The summed E-state index contributed by atoms with van der Waals surface area (Å²) in [6.45, 7) is 5.37. The molecule has 2 rings (SSSR count). The number of rotatable bonds is 1. The molecule has 0 N–H and O–H groups in total. The number of Topliss-reactive ketones (excluding diaryl/α,β-unsaturated/α-hetero) is 1. The highest BCUT2D eigenvalue weighted by molar-refractivity contribution is 5.93. The zero-order valence-corrected chi connectivity index (χ0v) is 8.40. The molecule has 0 radical (unpaired) electrons. The molecule has 0 amide bonds. The van der Waals surface area contributed by atoms with Crippen LogP contribution in [0.15, 0.2) is 12.1 Å². The van der Waals surface area contributed by atoms with Gasteiger partial charge in [0.05, 0.1) is 0 Å². The lowest BCUT2D eigenvalue weighted by atomic mass is 10.3. The Hall–Kier alpha value is -1.71. The first-order valence-corrected chi connectivity index (χ1v) is 4.43. The lowest BCUT2D eigenvalue weighted by molar-refractivity contribution is 0.101.